The van der Waals surface area contributed by atoms with E-state index in [1.165, 1.54) is 11.1 Å². The normalized spacial score (nSPS) is 16.3. The van der Waals surface area contributed by atoms with Crippen LogP contribution in [0.25, 0.3) is 5.82 Å². The maximum absolute atomic E-state index is 12.4. The summed E-state index contributed by atoms with van der Waals surface area (Å²) in [4.78, 5) is 25.6. The summed E-state index contributed by atoms with van der Waals surface area (Å²) in [6.07, 6.45) is 7.85. The number of carbonyl (C=O) groups is 1. The van der Waals surface area contributed by atoms with Crippen LogP contribution in [0.15, 0.2) is 36.8 Å². The summed E-state index contributed by atoms with van der Waals surface area (Å²) in [5.41, 5.74) is 5.17. The van der Waals surface area contributed by atoms with Crippen molar-refractivity contribution in [1.82, 2.24) is 24.3 Å². The Morgan fingerprint density at radius 1 is 1.11 bits per heavy atom. The van der Waals surface area contributed by atoms with Crippen molar-refractivity contribution in [2.45, 2.75) is 46.3 Å². The number of ether oxygens (including phenoxy) is 1. The zero-order valence-electron chi connectivity index (χ0n) is 21.2. The van der Waals surface area contributed by atoms with Gasteiger partial charge < -0.3 is 24.6 Å². The number of aliphatic hydroxyl groups is 1. The maximum Gasteiger partial charge on any atom is 0.260 e. The average molecular weight is 491 g/mol. The van der Waals surface area contributed by atoms with Gasteiger partial charge in [0.25, 0.3) is 5.91 Å². The largest absolute Gasteiger partial charge is 0.483 e. The zero-order chi connectivity index (χ0) is 25.2. The molecule has 1 aromatic carbocycles. The fraction of sp³-hybridized carbons (Fsp3) is 0.444. The first-order valence-corrected chi connectivity index (χ1v) is 12.6. The van der Waals surface area contributed by atoms with Crippen molar-refractivity contribution < 1.29 is 14.6 Å². The molecule has 2 fully saturated rings. The van der Waals surface area contributed by atoms with Gasteiger partial charge in [-0.3, -0.25) is 9.69 Å². The molecule has 2 saturated heterocycles. The molecule has 0 unspecified atom stereocenters. The van der Waals surface area contributed by atoms with E-state index in [2.05, 4.69) is 34.5 Å². The van der Waals surface area contributed by atoms with E-state index in [9.17, 15) is 9.90 Å². The molecule has 2 aliphatic heterocycles. The molecule has 2 aliphatic rings. The molecule has 9 nitrogen and oxygen atoms in total. The highest BCUT2D eigenvalue weighted by Gasteiger charge is 2.25. The van der Waals surface area contributed by atoms with Gasteiger partial charge in [0.1, 0.15) is 11.6 Å². The van der Waals surface area contributed by atoms with E-state index in [-0.39, 0.29) is 18.6 Å². The van der Waals surface area contributed by atoms with Gasteiger partial charge in [-0.15, -0.1) is 0 Å². The van der Waals surface area contributed by atoms with Gasteiger partial charge in [-0.1, -0.05) is 0 Å². The van der Waals surface area contributed by atoms with Crippen LogP contribution in [0.4, 0.5) is 11.6 Å². The number of rotatable bonds is 8. The van der Waals surface area contributed by atoms with Crippen LogP contribution in [-0.4, -0.2) is 74.2 Å². The Kier molecular flexibility index (Phi) is 6.93. The van der Waals surface area contributed by atoms with Crippen LogP contribution in [0, 0.1) is 20.8 Å². The van der Waals surface area contributed by atoms with Gasteiger partial charge in [-0.25, -0.2) is 4.98 Å². The number of amides is 1. The van der Waals surface area contributed by atoms with Crippen molar-refractivity contribution in [1.29, 1.82) is 0 Å². The van der Waals surface area contributed by atoms with Crippen LogP contribution in [0.2, 0.25) is 0 Å². The number of likely N-dealkylation sites (tertiary alicyclic amines) is 2. The number of aryl methyl sites for hydroxylation is 3. The number of anilines is 2. The molecular formula is C27H34N6O3. The van der Waals surface area contributed by atoms with Crippen LogP contribution >= 0.6 is 0 Å². The van der Waals surface area contributed by atoms with Crippen LogP contribution in [0.5, 0.6) is 5.75 Å². The number of hydrogen-bond donors (Lipinski definition) is 2. The first-order valence-electron chi connectivity index (χ1n) is 12.6. The molecule has 1 amide bonds. The van der Waals surface area contributed by atoms with Crippen molar-refractivity contribution in [2.75, 3.05) is 38.1 Å². The number of carbonyl (C=O) groups excluding carboxylic acids is 1. The molecule has 3 aromatic rings. The monoisotopic (exact) mass is 490 g/mol. The lowest BCUT2D eigenvalue weighted by Gasteiger charge is -2.35. The van der Waals surface area contributed by atoms with Crippen LogP contribution in [0.3, 0.4) is 0 Å². The first kappa shape index (κ1) is 24.3. The van der Waals surface area contributed by atoms with Gasteiger partial charge in [0.2, 0.25) is 5.95 Å². The van der Waals surface area contributed by atoms with Crippen LogP contribution < -0.4 is 10.1 Å². The molecule has 2 N–H and O–H groups in total. The van der Waals surface area contributed by atoms with E-state index < -0.39 is 0 Å². The molecule has 36 heavy (non-hydrogen) atoms. The van der Waals surface area contributed by atoms with E-state index >= 15 is 0 Å². The number of β-amino-alcohol motifs (C(OH)–C–C–N with tert-alkyl or cyclic N) is 1. The Morgan fingerprint density at radius 2 is 1.83 bits per heavy atom. The SMILES string of the molecule is Cc1cn(-c2ccnc(Nc3cc(C)c(OCC(=O)N4CCCC4)c(C)c3)n2)cc1CN1CC(O)C1. The Balaban J connectivity index is 1.25. The predicted molar refractivity (Wildman–Crippen MR) is 138 cm³/mol. The van der Waals surface area contributed by atoms with E-state index in [1.807, 2.05) is 41.5 Å². The topological polar surface area (TPSA) is 95.8 Å². The van der Waals surface area contributed by atoms with Crippen molar-refractivity contribution in [3.05, 3.63) is 59.0 Å². The lowest BCUT2D eigenvalue weighted by atomic mass is 10.1. The summed E-state index contributed by atoms with van der Waals surface area (Å²) >= 11 is 0. The molecule has 9 heteroatoms. The Morgan fingerprint density at radius 3 is 2.53 bits per heavy atom. The first-order chi connectivity index (χ1) is 17.4. The van der Waals surface area contributed by atoms with Crippen molar-refractivity contribution in [3.63, 3.8) is 0 Å². The fourth-order valence-electron chi connectivity index (χ4n) is 4.93. The van der Waals surface area contributed by atoms with Crippen molar-refractivity contribution in [2.24, 2.45) is 0 Å². The van der Waals surface area contributed by atoms with Gasteiger partial charge in [0.15, 0.2) is 6.61 Å². The number of aliphatic hydroxyl groups excluding tert-OH is 1. The standard InChI is InChI=1S/C27H34N6O3/c1-18-10-22(11-19(2)26(18)36-17-25(35)32-8-4-5-9-32)29-27-28-7-6-24(30-27)33-12-20(3)21(14-33)13-31-15-23(34)16-31/h6-7,10-12,14,23,34H,4-5,8-9,13,15-17H2,1-3H3,(H,28,29,30). The van der Waals surface area contributed by atoms with E-state index in [4.69, 9.17) is 9.72 Å². The number of benzene rings is 1. The number of nitrogens with one attached hydrogen (secondary N) is 1. The second-order valence-electron chi connectivity index (χ2n) is 9.90. The lowest BCUT2D eigenvalue weighted by Crippen LogP contribution is -2.49. The Hall–Kier alpha value is -3.43. The second kappa shape index (κ2) is 10.3. The smallest absolute Gasteiger partial charge is 0.260 e. The van der Waals surface area contributed by atoms with E-state index in [0.29, 0.717) is 5.95 Å². The lowest BCUT2D eigenvalue weighted by molar-refractivity contribution is -0.132. The van der Waals surface area contributed by atoms with E-state index in [1.54, 1.807) is 6.20 Å². The highest BCUT2D eigenvalue weighted by atomic mass is 16.5. The summed E-state index contributed by atoms with van der Waals surface area (Å²) in [5, 5.41) is 12.9. The molecule has 0 bridgehead atoms. The molecule has 0 saturated carbocycles. The summed E-state index contributed by atoms with van der Waals surface area (Å²) in [6, 6.07) is 5.85. The maximum atomic E-state index is 12.4. The van der Waals surface area contributed by atoms with Gasteiger partial charge in [-0.2, -0.15) is 4.98 Å². The minimum absolute atomic E-state index is 0.0459. The summed E-state index contributed by atoms with van der Waals surface area (Å²) in [5.74, 6) is 2.07. The van der Waals surface area contributed by atoms with Gasteiger partial charge >= 0.3 is 0 Å². The Bertz CT molecular complexity index is 1220. The van der Waals surface area contributed by atoms with Crippen molar-refractivity contribution >= 4 is 17.5 Å². The molecule has 0 spiro atoms. The van der Waals surface area contributed by atoms with E-state index in [0.717, 1.165) is 73.9 Å². The third-order valence-corrected chi connectivity index (χ3v) is 6.89. The van der Waals surface area contributed by atoms with Crippen molar-refractivity contribution in [3.8, 4) is 11.6 Å². The molecule has 190 valence electrons. The average Bonchev–Trinajstić information content (AvgIpc) is 3.48. The summed E-state index contributed by atoms with van der Waals surface area (Å²) in [6.45, 7) is 10.0. The minimum atomic E-state index is -0.201. The molecule has 0 radical (unpaired) electrons. The van der Waals surface area contributed by atoms with Gasteiger partial charge in [0, 0.05) is 57.0 Å². The third kappa shape index (κ3) is 5.37. The molecule has 2 aromatic heterocycles. The van der Waals surface area contributed by atoms with Gasteiger partial charge in [0.05, 0.1) is 6.10 Å². The molecule has 4 heterocycles. The molecule has 5 rings (SSSR count). The Labute approximate surface area is 211 Å². The van der Waals surface area contributed by atoms with Gasteiger partial charge in [-0.05, 0) is 74.1 Å². The fourth-order valence-corrected chi connectivity index (χ4v) is 4.93. The quantitative estimate of drug-likeness (QED) is 0.501. The number of aromatic nitrogens is 3. The highest BCUT2D eigenvalue weighted by molar-refractivity contribution is 5.78. The number of hydrogen-bond acceptors (Lipinski definition) is 7. The highest BCUT2D eigenvalue weighted by Crippen LogP contribution is 2.29. The molecule has 0 aliphatic carbocycles. The zero-order valence-corrected chi connectivity index (χ0v) is 21.2. The predicted octanol–water partition coefficient (Wildman–Crippen LogP) is 3.11. The second-order valence-corrected chi connectivity index (χ2v) is 9.90. The minimum Gasteiger partial charge on any atom is -0.483 e. The van der Waals surface area contributed by atoms with Crippen LogP contribution in [-0.2, 0) is 11.3 Å². The third-order valence-electron chi connectivity index (χ3n) is 6.89. The number of nitrogens with zero attached hydrogens (tertiary/aromatic N) is 5. The molecule has 0 atom stereocenters. The molecular weight excluding hydrogens is 456 g/mol. The summed E-state index contributed by atoms with van der Waals surface area (Å²) in [7, 11) is 0. The summed E-state index contributed by atoms with van der Waals surface area (Å²) < 4.78 is 7.92. The van der Waals surface area contributed by atoms with Crippen LogP contribution in [0.1, 0.15) is 35.1 Å².